The van der Waals surface area contributed by atoms with Crippen LogP contribution >= 0.6 is 0 Å². The molecule has 5 N–H and O–H groups in total. The summed E-state index contributed by atoms with van der Waals surface area (Å²) < 4.78 is 80.5. The zero-order chi connectivity index (χ0) is 28.5. The van der Waals surface area contributed by atoms with Gasteiger partial charge < -0.3 is 15.5 Å². The number of nitrogens with two attached hydrogens (primary N) is 1. The number of anilines is 1. The van der Waals surface area contributed by atoms with Crippen LogP contribution in [0.1, 0.15) is 33.6 Å². The minimum atomic E-state index is -4.74. The van der Waals surface area contributed by atoms with Gasteiger partial charge in [0, 0.05) is 18.3 Å². The fourth-order valence-electron chi connectivity index (χ4n) is 4.20. The van der Waals surface area contributed by atoms with Crippen molar-refractivity contribution in [1.82, 2.24) is 19.7 Å². The molecule has 0 unspecified atom stereocenters. The maximum absolute atomic E-state index is 13.7. The van der Waals surface area contributed by atoms with Gasteiger partial charge in [0.05, 0.1) is 36.4 Å². The van der Waals surface area contributed by atoms with Crippen LogP contribution in [-0.2, 0) is 27.2 Å². The van der Waals surface area contributed by atoms with Gasteiger partial charge in [-0.1, -0.05) is 0 Å². The zero-order valence-corrected chi connectivity index (χ0v) is 20.6. The molecule has 1 aromatic carbocycles. The third kappa shape index (κ3) is 6.93. The lowest BCUT2D eigenvalue weighted by Crippen LogP contribution is -2.36. The Kier molecular flexibility index (Phi) is 7.99. The fraction of sp³-hybridized carbons (Fsp3) is 0.364. The average molecular weight is 575 g/mol. The van der Waals surface area contributed by atoms with Crippen LogP contribution in [-0.4, -0.2) is 69.0 Å². The fourth-order valence-corrected chi connectivity index (χ4v) is 4.57. The topological polar surface area (TPSA) is 183 Å². The van der Waals surface area contributed by atoms with Crippen LogP contribution in [0.3, 0.4) is 0 Å². The molecule has 0 saturated heterocycles. The number of alkyl halides is 3. The van der Waals surface area contributed by atoms with E-state index in [1.54, 1.807) is 0 Å². The van der Waals surface area contributed by atoms with Crippen LogP contribution < -0.4 is 10.5 Å². The van der Waals surface area contributed by atoms with Gasteiger partial charge in [-0.05, 0) is 36.2 Å². The number of rotatable bonds is 9. The molecule has 17 heteroatoms. The predicted octanol–water partition coefficient (Wildman–Crippen LogP) is 0.853. The number of aliphatic hydroxyl groups is 2. The Morgan fingerprint density at radius 3 is 2.67 bits per heavy atom. The summed E-state index contributed by atoms with van der Waals surface area (Å²) in [6.07, 6.45) is -3.80. The van der Waals surface area contributed by atoms with Gasteiger partial charge in [-0.3, -0.25) is 13.7 Å². The summed E-state index contributed by atoms with van der Waals surface area (Å²) in [5.41, 5.74) is -1.37. The molecule has 3 aromatic rings. The molecule has 0 spiro atoms. The molecule has 2 heterocycles. The van der Waals surface area contributed by atoms with Gasteiger partial charge >= 0.3 is 16.5 Å². The molecular weight excluding hydrogens is 552 g/mol. The molecule has 0 radical (unpaired) electrons. The largest absolute Gasteiger partial charge is 0.416 e. The first-order valence-corrected chi connectivity index (χ1v) is 12.7. The first-order chi connectivity index (χ1) is 18.2. The van der Waals surface area contributed by atoms with Crippen LogP contribution in [0.25, 0.3) is 0 Å². The minimum Gasteiger partial charge on any atom is -0.390 e. The second-order valence-corrected chi connectivity index (χ2v) is 10.1. The Morgan fingerprint density at radius 1 is 1.23 bits per heavy atom. The van der Waals surface area contributed by atoms with Crippen molar-refractivity contribution in [2.24, 2.45) is 11.1 Å². The molecular formula is C22H22F4N6O6S. The Morgan fingerprint density at radius 2 is 1.97 bits per heavy atom. The van der Waals surface area contributed by atoms with Crippen LogP contribution in [0.4, 0.5) is 23.4 Å². The van der Waals surface area contributed by atoms with Crippen molar-refractivity contribution in [3.8, 4) is 0 Å². The second-order valence-electron chi connectivity index (χ2n) is 8.86. The molecule has 210 valence electrons. The van der Waals surface area contributed by atoms with Crippen LogP contribution in [0.15, 0.2) is 43.0 Å². The normalized spacial score (nSPS) is 21.7. The van der Waals surface area contributed by atoms with Gasteiger partial charge in [-0.15, -0.1) is 0 Å². The Hall–Kier alpha value is -3.51. The summed E-state index contributed by atoms with van der Waals surface area (Å²) in [6, 6.07) is 2.53. The quantitative estimate of drug-likeness (QED) is 0.211. The molecule has 4 rings (SSSR count). The third-order valence-corrected chi connectivity index (χ3v) is 6.49. The van der Waals surface area contributed by atoms with Crippen molar-refractivity contribution in [1.29, 1.82) is 0 Å². The van der Waals surface area contributed by atoms with Crippen LogP contribution in [0.2, 0.25) is 0 Å². The Balaban J connectivity index is 1.49. The van der Waals surface area contributed by atoms with E-state index < -0.39 is 64.4 Å². The van der Waals surface area contributed by atoms with Gasteiger partial charge in [0.25, 0.3) is 0 Å². The van der Waals surface area contributed by atoms with Crippen molar-refractivity contribution < 1.29 is 45.2 Å². The Bertz CT molecular complexity index is 1470. The molecule has 1 aliphatic carbocycles. The van der Waals surface area contributed by atoms with Gasteiger partial charge in [0.1, 0.15) is 29.8 Å². The molecule has 39 heavy (non-hydrogen) atoms. The number of hydrogen-bond acceptors (Lipinski definition) is 10. The lowest BCUT2D eigenvalue weighted by atomic mass is 10.1. The maximum Gasteiger partial charge on any atom is 0.416 e. The van der Waals surface area contributed by atoms with Gasteiger partial charge in [0.15, 0.2) is 0 Å². The van der Waals surface area contributed by atoms with Gasteiger partial charge in [-0.25, -0.2) is 19.5 Å². The smallest absolute Gasteiger partial charge is 0.390 e. The van der Waals surface area contributed by atoms with Crippen molar-refractivity contribution in [3.63, 3.8) is 0 Å². The van der Waals surface area contributed by atoms with E-state index >= 15 is 0 Å². The van der Waals surface area contributed by atoms with E-state index in [1.165, 1.54) is 18.5 Å². The number of nitrogens with one attached hydrogen (secondary N) is 1. The number of benzene rings is 1. The van der Waals surface area contributed by atoms with Gasteiger partial charge in [-0.2, -0.15) is 26.7 Å². The summed E-state index contributed by atoms with van der Waals surface area (Å²) >= 11 is 0. The van der Waals surface area contributed by atoms with Crippen molar-refractivity contribution in [2.75, 3.05) is 11.9 Å². The predicted molar refractivity (Wildman–Crippen MR) is 125 cm³/mol. The van der Waals surface area contributed by atoms with Crippen molar-refractivity contribution in [2.45, 2.75) is 37.4 Å². The first kappa shape index (κ1) is 28.5. The number of ketones is 1. The van der Waals surface area contributed by atoms with Crippen LogP contribution in [0, 0.1) is 11.7 Å². The SMILES string of the molecule is NS(=O)(=O)OC[C@H]1C[C@@H](Nc2ncncc2C(=O)c2ccn(Cc3cc(F)cc(C(F)(F)F)c3)n2)[C@H](O)[C@@H]1O. The molecule has 12 nitrogen and oxygen atoms in total. The number of halogens is 4. The number of carbonyl (C=O) groups excluding carboxylic acids is 1. The molecule has 0 bridgehead atoms. The maximum atomic E-state index is 13.7. The molecule has 1 aliphatic rings. The summed E-state index contributed by atoms with van der Waals surface area (Å²) in [6.45, 7) is -0.726. The minimum absolute atomic E-state index is 0.0197. The zero-order valence-electron chi connectivity index (χ0n) is 19.8. The highest BCUT2D eigenvalue weighted by atomic mass is 32.2. The van der Waals surface area contributed by atoms with Gasteiger partial charge in [0.2, 0.25) is 5.78 Å². The summed E-state index contributed by atoms with van der Waals surface area (Å²) in [7, 11) is -4.26. The number of carbonyl (C=O) groups is 1. The van der Waals surface area contributed by atoms with Crippen molar-refractivity contribution >= 4 is 21.9 Å². The van der Waals surface area contributed by atoms with E-state index in [1.807, 2.05) is 0 Å². The van der Waals surface area contributed by atoms with E-state index in [-0.39, 0.29) is 35.6 Å². The summed E-state index contributed by atoms with van der Waals surface area (Å²) in [5.74, 6) is -2.56. The van der Waals surface area contributed by atoms with Crippen LogP contribution in [0.5, 0.6) is 0 Å². The lowest BCUT2D eigenvalue weighted by Gasteiger charge is -2.19. The van der Waals surface area contributed by atoms with E-state index in [9.17, 15) is 41.0 Å². The molecule has 0 amide bonds. The lowest BCUT2D eigenvalue weighted by molar-refractivity contribution is -0.137. The highest BCUT2D eigenvalue weighted by Gasteiger charge is 2.42. The van der Waals surface area contributed by atoms with E-state index in [2.05, 4.69) is 24.6 Å². The molecule has 4 atom stereocenters. The van der Waals surface area contributed by atoms with Crippen molar-refractivity contribution in [3.05, 3.63) is 71.2 Å². The second kappa shape index (κ2) is 10.9. The van der Waals surface area contributed by atoms with E-state index in [4.69, 9.17) is 5.14 Å². The Labute approximate surface area is 218 Å². The number of hydrogen-bond donors (Lipinski definition) is 4. The van der Waals surface area contributed by atoms with E-state index in [0.29, 0.717) is 6.07 Å². The number of aliphatic hydroxyl groups excluding tert-OH is 2. The third-order valence-electron chi connectivity index (χ3n) is 6.03. The number of nitrogens with zero attached hydrogens (tertiary/aromatic N) is 4. The molecule has 2 aromatic heterocycles. The monoisotopic (exact) mass is 574 g/mol. The first-order valence-electron chi connectivity index (χ1n) is 11.3. The highest BCUT2D eigenvalue weighted by Crippen LogP contribution is 2.31. The average Bonchev–Trinajstić information content (AvgIpc) is 3.41. The number of aromatic nitrogens is 4. The summed E-state index contributed by atoms with van der Waals surface area (Å²) in [4.78, 5) is 21.0. The molecule has 1 saturated carbocycles. The standard InChI is InChI=1S/C22H22F4N6O6S/c23-14-4-11(3-13(6-14)22(24,25)26)8-32-2-1-16(31-32)19(34)15-7-28-10-29-21(15)30-17-5-12(18(33)20(17)35)9-38-39(27,36)37/h1-4,6-7,10,12,17-18,20,33,35H,5,8-9H2,(H2,27,36,37)(H,28,29,30)/t12-,17-,18-,20+/m1/s1. The van der Waals surface area contributed by atoms with E-state index in [0.717, 1.165) is 23.1 Å². The molecule has 0 aliphatic heterocycles. The highest BCUT2D eigenvalue weighted by molar-refractivity contribution is 7.84. The molecule has 1 fully saturated rings. The summed E-state index contributed by atoms with van der Waals surface area (Å²) in [5, 5.41) is 32.4.